The molecule has 0 saturated heterocycles. The summed E-state index contributed by atoms with van der Waals surface area (Å²) in [5.41, 5.74) is 8.64. The van der Waals surface area contributed by atoms with Gasteiger partial charge in [-0.2, -0.15) is 0 Å². The number of H-pyrrole nitrogens is 1. The van der Waals surface area contributed by atoms with Gasteiger partial charge in [-0.1, -0.05) is 36.2 Å². The molecule has 84 valence electrons. The number of fused-ring (bicyclic) bond motifs is 1. The Morgan fingerprint density at radius 3 is 2.81 bits per heavy atom. The average molecular weight is 235 g/mol. The van der Waals surface area contributed by atoms with E-state index in [-0.39, 0.29) is 5.41 Å². The highest BCUT2D eigenvalue weighted by Gasteiger charge is 2.38. The molecule has 1 aromatic carbocycles. The summed E-state index contributed by atoms with van der Waals surface area (Å²) in [5.74, 6) is 0. The molecule has 0 radical (unpaired) electrons. The second-order valence-corrected chi connectivity index (χ2v) is 5.11. The number of aromatic nitrogens is 1. The summed E-state index contributed by atoms with van der Waals surface area (Å²) in [5, 5.41) is 1.90. The third-order valence-electron chi connectivity index (χ3n) is 3.94. The van der Waals surface area contributed by atoms with Crippen LogP contribution in [0, 0.1) is 0 Å². The van der Waals surface area contributed by atoms with Crippen LogP contribution < -0.4 is 5.73 Å². The van der Waals surface area contributed by atoms with Crippen molar-refractivity contribution in [3.8, 4) is 0 Å². The van der Waals surface area contributed by atoms with Crippen LogP contribution >= 0.6 is 11.6 Å². The van der Waals surface area contributed by atoms with Gasteiger partial charge in [0.15, 0.2) is 0 Å². The van der Waals surface area contributed by atoms with Crippen molar-refractivity contribution in [1.82, 2.24) is 4.98 Å². The van der Waals surface area contributed by atoms with E-state index in [4.69, 9.17) is 17.3 Å². The number of benzene rings is 1. The number of aromatic amines is 1. The molecule has 3 heteroatoms. The number of nitrogens with one attached hydrogen (secondary N) is 1. The van der Waals surface area contributed by atoms with Gasteiger partial charge < -0.3 is 10.7 Å². The van der Waals surface area contributed by atoms with Crippen molar-refractivity contribution in [3.63, 3.8) is 0 Å². The molecule has 1 fully saturated rings. The molecule has 2 aromatic rings. The predicted octanol–water partition coefficient (Wildman–Crippen LogP) is 3.20. The van der Waals surface area contributed by atoms with Gasteiger partial charge in [-0.15, -0.1) is 0 Å². The molecule has 2 nitrogen and oxygen atoms in total. The molecular weight excluding hydrogens is 220 g/mol. The van der Waals surface area contributed by atoms with Crippen LogP contribution in [0.2, 0.25) is 5.02 Å². The quantitative estimate of drug-likeness (QED) is 0.823. The van der Waals surface area contributed by atoms with Gasteiger partial charge in [0.25, 0.3) is 0 Å². The Kier molecular flexibility index (Phi) is 2.23. The van der Waals surface area contributed by atoms with Crippen molar-refractivity contribution in [2.75, 3.05) is 6.54 Å². The second kappa shape index (κ2) is 3.51. The first-order chi connectivity index (χ1) is 7.77. The van der Waals surface area contributed by atoms with E-state index < -0.39 is 0 Å². The Hall–Kier alpha value is -0.990. The Labute approximate surface area is 99.8 Å². The SMILES string of the molecule is NCC1(c2cccc3c(Cl)c[nH]c23)CCC1. The largest absolute Gasteiger partial charge is 0.359 e. The zero-order chi connectivity index (χ0) is 11.2. The summed E-state index contributed by atoms with van der Waals surface area (Å²) >= 11 is 6.14. The first-order valence-electron chi connectivity index (χ1n) is 5.73. The predicted molar refractivity (Wildman–Crippen MR) is 67.9 cm³/mol. The lowest BCUT2D eigenvalue weighted by Gasteiger charge is -2.41. The molecule has 0 spiro atoms. The van der Waals surface area contributed by atoms with E-state index in [1.807, 2.05) is 6.20 Å². The molecule has 1 aliphatic rings. The van der Waals surface area contributed by atoms with Crippen LogP contribution in [0.25, 0.3) is 10.9 Å². The van der Waals surface area contributed by atoms with Crippen molar-refractivity contribution in [2.24, 2.45) is 5.73 Å². The van der Waals surface area contributed by atoms with Gasteiger partial charge in [0.2, 0.25) is 0 Å². The molecule has 1 saturated carbocycles. The maximum Gasteiger partial charge on any atom is 0.0659 e. The highest BCUT2D eigenvalue weighted by atomic mass is 35.5. The molecule has 1 aliphatic carbocycles. The maximum atomic E-state index is 6.14. The Bertz CT molecular complexity index is 520. The van der Waals surface area contributed by atoms with E-state index in [9.17, 15) is 0 Å². The number of para-hydroxylation sites is 1. The molecule has 1 aromatic heterocycles. The van der Waals surface area contributed by atoms with Crippen molar-refractivity contribution < 1.29 is 0 Å². The smallest absolute Gasteiger partial charge is 0.0659 e. The van der Waals surface area contributed by atoms with Crippen LogP contribution in [0.1, 0.15) is 24.8 Å². The highest BCUT2D eigenvalue weighted by molar-refractivity contribution is 6.35. The van der Waals surface area contributed by atoms with Gasteiger partial charge in [0, 0.05) is 23.5 Å². The van der Waals surface area contributed by atoms with Crippen molar-refractivity contribution in [1.29, 1.82) is 0 Å². The summed E-state index contributed by atoms with van der Waals surface area (Å²) in [6, 6.07) is 6.31. The van der Waals surface area contributed by atoms with Crippen LogP contribution in [-0.2, 0) is 5.41 Å². The summed E-state index contributed by atoms with van der Waals surface area (Å²) in [4.78, 5) is 3.28. The summed E-state index contributed by atoms with van der Waals surface area (Å²) < 4.78 is 0. The monoisotopic (exact) mass is 234 g/mol. The Morgan fingerprint density at radius 1 is 1.38 bits per heavy atom. The van der Waals surface area contributed by atoms with Gasteiger partial charge in [-0.25, -0.2) is 0 Å². The van der Waals surface area contributed by atoms with Crippen molar-refractivity contribution in [3.05, 3.63) is 35.0 Å². The first kappa shape index (κ1) is 10.2. The molecule has 0 bridgehead atoms. The Balaban J connectivity index is 2.23. The zero-order valence-electron chi connectivity index (χ0n) is 9.09. The summed E-state index contributed by atoms with van der Waals surface area (Å²) in [6.45, 7) is 0.725. The molecule has 1 heterocycles. The van der Waals surface area contributed by atoms with E-state index >= 15 is 0 Å². The number of rotatable bonds is 2. The molecular formula is C13H15ClN2. The van der Waals surface area contributed by atoms with Gasteiger partial charge in [-0.05, 0) is 18.4 Å². The first-order valence-corrected chi connectivity index (χ1v) is 6.11. The van der Waals surface area contributed by atoms with Crippen LogP contribution in [0.5, 0.6) is 0 Å². The van der Waals surface area contributed by atoms with Crippen LogP contribution in [0.4, 0.5) is 0 Å². The van der Waals surface area contributed by atoms with Crippen molar-refractivity contribution >= 4 is 22.5 Å². The lowest BCUT2D eigenvalue weighted by atomic mass is 9.64. The fourth-order valence-corrected chi connectivity index (χ4v) is 2.96. The summed E-state index contributed by atoms with van der Waals surface area (Å²) in [6.07, 6.45) is 5.53. The number of halogens is 1. The van der Waals surface area contributed by atoms with E-state index in [1.165, 1.54) is 24.8 Å². The zero-order valence-corrected chi connectivity index (χ0v) is 9.85. The molecule has 3 N–H and O–H groups in total. The van der Waals surface area contributed by atoms with Gasteiger partial charge in [-0.3, -0.25) is 0 Å². The third-order valence-corrected chi connectivity index (χ3v) is 4.25. The fraction of sp³-hybridized carbons (Fsp3) is 0.385. The van der Waals surface area contributed by atoms with Gasteiger partial charge in [0.05, 0.1) is 10.5 Å². The molecule has 0 unspecified atom stereocenters. The molecule has 0 aliphatic heterocycles. The van der Waals surface area contributed by atoms with E-state index in [0.717, 1.165) is 22.5 Å². The molecule has 0 amide bonds. The standard InChI is InChI=1S/C13H15ClN2/c14-11-7-16-12-9(11)3-1-4-10(12)13(8-15)5-2-6-13/h1,3-4,7,16H,2,5-6,8,15H2. The summed E-state index contributed by atoms with van der Waals surface area (Å²) in [7, 11) is 0. The normalized spacial score (nSPS) is 18.6. The lowest BCUT2D eigenvalue weighted by Crippen LogP contribution is -2.41. The van der Waals surface area contributed by atoms with E-state index in [1.54, 1.807) is 0 Å². The van der Waals surface area contributed by atoms with Crippen LogP contribution in [0.3, 0.4) is 0 Å². The fourth-order valence-electron chi connectivity index (χ4n) is 2.75. The average Bonchev–Trinajstić information content (AvgIpc) is 2.61. The van der Waals surface area contributed by atoms with Gasteiger partial charge in [0.1, 0.15) is 0 Å². The number of nitrogens with two attached hydrogens (primary N) is 1. The topological polar surface area (TPSA) is 41.8 Å². The maximum absolute atomic E-state index is 6.14. The van der Waals surface area contributed by atoms with E-state index in [0.29, 0.717) is 0 Å². The van der Waals surface area contributed by atoms with Gasteiger partial charge >= 0.3 is 0 Å². The lowest BCUT2D eigenvalue weighted by molar-refractivity contribution is 0.255. The minimum atomic E-state index is 0.188. The molecule has 16 heavy (non-hydrogen) atoms. The third kappa shape index (κ3) is 1.23. The molecule has 3 rings (SSSR count). The van der Waals surface area contributed by atoms with Crippen molar-refractivity contribution in [2.45, 2.75) is 24.7 Å². The Morgan fingerprint density at radius 2 is 2.19 bits per heavy atom. The van der Waals surface area contributed by atoms with Crippen LogP contribution in [0.15, 0.2) is 24.4 Å². The minimum Gasteiger partial charge on any atom is -0.359 e. The minimum absolute atomic E-state index is 0.188. The number of hydrogen-bond acceptors (Lipinski definition) is 1. The molecule has 0 atom stereocenters. The number of hydrogen-bond donors (Lipinski definition) is 2. The van der Waals surface area contributed by atoms with Crippen LogP contribution in [-0.4, -0.2) is 11.5 Å². The highest BCUT2D eigenvalue weighted by Crippen LogP contribution is 2.45. The van der Waals surface area contributed by atoms with E-state index in [2.05, 4.69) is 23.2 Å². The second-order valence-electron chi connectivity index (χ2n) is 4.70.